The highest BCUT2D eigenvalue weighted by Gasteiger charge is 2.27. The summed E-state index contributed by atoms with van der Waals surface area (Å²) in [6, 6.07) is 21.5. The summed E-state index contributed by atoms with van der Waals surface area (Å²) in [7, 11) is -3.53. The third-order valence-corrected chi connectivity index (χ3v) is 9.14. The van der Waals surface area contributed by atoms with Crippen LogP contribution in [0.1, 0.15) is 35.7 Å². The number of nitrogens with one attached hydrogen (secondary N) is 2. The third-order valence-electron chi connectivity index (χ3n) is 6.40. The van der Waals surface area contributed by atoms with E-state index >= 15 is 0 Å². The Morgan fingerprint density at radius 3 is 2.39 bits per heavy atom. The maximum atomic E-state index is 12.9. The number of rotatable bonds is 8. The molecule has 1 fully saturated rings. The van der Waals surface area contributed by atoms with Crippen molar-refractivity contribution >= 4 is 54.9 Å². The standard InChI is InChI=1S/C28H30BrN3O4S2/c1-20-13-16-32(17-14-20)38(34,35)24-10-8-23(9-11-24)30-28(37)31-27(33)22-7-12-26(25(29)19-22)36-18-15-21-5-3-2-4-6-21/h2-12,19-20H,13-18H2,1H3,(H2,30,31,33,37). The highest BCUT2D eigenvalue weighted by molar-refractivity contribution is 9.10. The average molecular weight is 617 g/mol. The molecule has 1 aliphatic heterocycles. The van der Waals surface area contributed by atoms with E-state index < -0.39 is 10.0 Å². The Hall–Kier alpha value is -2.79. The molecule has 10 heteroatoms. The Morgan fingerprint density at radius 2 is 1.74 bits per heavy atom. The van der Waals surface area contributed by atoms with E-state index in [9.17, 15) is 13.2 Å². The van der Waals surface area contributed by atoms with Crippen LogP contribution in [0.2, 0.25) is 0 Å². The Morgan fingerprint density at radius 1 is 1.05 bits per heavy atom. The maximum absolute atomic E-state index is 12.9. The summed E-state index contributed by atoms with van der Waals surface area (Å²) in [4.78, 5) is 12.9. The van der Waals surface area contributed by atoms with Crippen LogP contribution in [0.3, 0.4) is 0 Å². The smallest absolute Gasteiger partial charge is 0.257 e. The van der Waals surface area contributed by atoms with Gasteiger partial charge in [-0.3, -0.25) is 10.1 Å². The number of benzene rings is 3. The summed E-state index contributed by atoms with van der Waals surface area (Å²) < 4.78 is 33.9. The van der Waals surface area contributed by atoms with Crippen LogP contribution in [0.5, 0.6) is 5.75 Å². The molecule has 0 saturated carbocycles. The monoisotopic (exact) mass is 615 g/mol. The molecule has 0 aromatic heterocycles. The minimum absolute atomic E-state index is 0.106. The van der Waals surface area contributed by atoms with Gasteiger partial charge in [0.15, 0.2) is 5.11 Å². The number of hydrogen-bond acceptors (Lipinski definition) is 5. The Bertz CT molecular complexity index is 1370. The van der Waals surface area contributed by atoms with Crippen LogP contribution in [0.4, 0.5) is 5.69 Å². The molecule has 2 N–H and O–H groups in total. The summed E-state index contributed by atoms with van der Waals surface area (Å²) >= 11 is 8.76. The van der Waals surface area contributed by atoms with Crippen molar-refractivity contribution in [3.63, 3.8) is 0 Å². The van der Waals surface area contributed by atoms with Crippen LogP contribution in [0.25, 0.3) is 0 Å². The second kappa shape index (κ2) is 12.8. The topological polar surface area (TPSA) is 87.7 Å². The first-order valence-electron chi connectivity index (χ1n) is 12.4. The molecule has 0 spiro atoms. The molecule has 3 aromatic rings. The third kappa shape index (κ3) is 7.41. The number of halogens is 1. The summed E-state index contributed by atoms with van der Waals surface area (Å²) in [6.45, 7) is 3.73. The number of thiocarbonyl (C=S) groups is 1. The molecule has 0 atom stereocenters. The zero-order chi connectivity index (χ0) is 27.1. The van der Waals surface area contributed by atoms with E-state index in [0.29, 0.717) is 47.1 Å². The molecular formula is C28H30BrN3O4S2. The quantitative estimate of drug-likeness (QED) is 0.320. The molecule has 1 heterocycles. The summed E-state index contributed by atoms with van der Waals surface area (Å²) in [6.07, 6.45) is 2.51. The Balaban J connectivity index is 1.29. The predicted molar refractivity (Wildman–Crippen MR) is 157 cm³/mol. The predicted octanol–water partition coefficient (Wildman–Crippen LogP) is 5.62. The molecule has 38 heavy (non-hydrogen) atoms. The van der Waals surface area contributed by atoms with Gasteiger partial charge in [-0.1, -0.05) is 37.3 Å². The van der Waals surface area contributed by atoms with Crippen LogP contribution in [-0.4, -0.2) is 43.4 Å². The van der Waals surface area contributed by atoms with Gasteiger partial charge in [-0.2, -0.15) is 4.31 Å². The van der Waals surface area contributed by atoms with Gasteiger partial charge in [-0.05, 0) is 94.9 Å². The number of hydrogen-bond donors (Lipinski definition) is 2. The fourth-order valence-electron chi connectivity index (χ4n) is 4.10. The number of amides is 1. The van der Waals surface area contributed by atoms with Crippen molar-refractivity contribution in [1.82, 2.24) is 9.62 Å². The van der Waals surface area contributed by atoms with Crippen LogP contribution in [0, 0.1) is 5.92 Å². The number of sulfonamides is 1. The van der Waals surface area contributed by atoms with E-state index in [1.54, 1.807) is 42.5 Å². The molecule has 1 saturated heterocycles. The summed E-state index contributed by atoms with van der Waals surface area (Å²) in [5, 5.41) is 5.69. The lowest BCUT2D eigenvalue weighted by Gasteiger charge is -2.29. The van der Waals surface area contributed by atoms with Gasteiger partial charge < -0.3 is 10.1 Å². The van der Waals surface area contributed by atoms with Gasteiger partial charge in [-0.15, -0.1) is 0 Å². The zero-order valence-electron chi connectivity index (χ0n) is 21.0. The van der Waals surface area contributed by atoms with E-state index in [-0.39, 0.29) is 15.9 Å². The highest BCUT2D eigenvalue weighted by Crippen LogP contribution is 2.27. The summed E-state index contributed by atoms with van der Waals surface area (Å²) in [5.41, 5.74) is 2.17. The van der Waals surface area contributed by atoms with Crippen molar-refractivity contribution in [2.45, 2.75) is 31.1 Å². The molecule has 200 valence electrons. The average Bonchev–Trinajstić information content (AvgIpc) is 2.90. The minimum atomic E-state index is -3.53. The largest absolute Gasteiger partial charge is 0.492 e. The van der Waals surface area contributed by atoms with Gasteiger partial charge in [0.25, 0.3) is 5.91 Å². The second-order valence-electron chi connectivity index (χ2n) is 9.25. The molecule has 0 radical (unpaired) electrons. The van der Waals surface area contributed by atoms with E-state index in [1.807, 2.05) is 18.2 Å². The van der Waals surface area contributed by atoms with Gasteiger partial charge in [0, 0.05) is 30.8 Å². The van der Waals surface area contributed by atoms with Crippen LogP contribution in [0.15, 0.2) is 82.2 Å². The van der Waals surface area contributed by atoms with Crippen molar-refractivity contribution in [2.24, 2.45) is 5.92 Å². The second-order valence-corrected chi connectivity index (χ2v) is 12.4. The lowest BCUT2D eigenvalue weighted by molar-refractivity contribution is 0.0977. The molecule has 7 nitrogen and oxygen atoms in total. The van der Waals surface area contributed by atoms with Crippen molar-refractivity contribution in [3.05, 3.63) is 88.4 Å². The van der Waals surface area contributed by atoms with E-state index in [0.717, 1.165) is 19.3 Å². The minimum Gasteiger partial charge on any atom is -0.492 e. The van der Waals surface area contributed by atoms with Crippen LogP contribution >= 0.6 is 28.1 Å². The molecule has 1 amide bonds. The number of piperidine rings is 1. The van der Waals surface area contributed by atoms with Crippen molar-refractivity contribution in [2.75, 3.05) is 25.0 Å². The van der Waals surface area contributed by atoms with E-state index in [2.05, 4.69) is 45.6 Å². The fraction of sp³-hybridized carbons (Fsp3) is 0.286. The fourth-order valence-corrected chi connectivity index (χ4v) is 6.28. The van der Waals surface area contributed by atoms with Gasteiger partial charge in [0.2, 0.25) is 10.0 Å². The first-order chi connectivity index (χ1) is 18.2. The van der Waals surface area contributed by atoms with Crippen molar-refractivity contribution in [1.29, 1.82) is 0 Å². The number of nitrogens with zero attached hydrogens (tertiary/aromatic N) is 1. The SMILES string of the molecule is CC1CCN(S(=O)(=O)c2ccc(NC(=S)NC(=O)c3ccc(OCCc4ccccc4)c(Br)c3)cc2)CC1. The van der Waals surface area contributed by atoms with E-state index in [4.69, 9.17) is 17.0 Å². The van der Waals surface area contributed by atoms with Gasteiger partial charge >= 0.3 is 0 Å². The van der Waals surface area contributed by atoms with Gasteiger partial charge in [-0.25, -0.2) is 8.42 Å². The van der Waals surface area contributed by atoms with Crippen molar-refractivity contribution in [3.8, 4) is 5.75 Å². The van der Waals surface area contributed by atoms with Crippen LogP contribution in [-0.2, 0) is 16.4 Å². The highest BCUT2D eigenvalue weighted by atomic mass is 79.9. The normalized spacial score (nSPS) is 14.6. The number of carbonyl (C=O) groups is 1. The first kappa shape index (κ1) is 28.2. The number of anilines is 1. The summed E-state index contributed by atoms with van der Waals surface area (Å²) in [5.74, 6) is 0.811. The Kier molecular flexibility index (Phi) is 9.54. The molecule has 4 rings (SSSR count). The van der Waals surface area contributed by atoms with Crippen molar-refractivity contribution < 1.29 is 17.9 Å². The molecule has 1 aliphatic rings. The lowest BCUT2D eigenvalue weighted by atomic mass is 10.0. The maximum Gasteiger partial charge on any atom is 0.257 e. The lowest BCUT2D eigenvalue weighted by Crippen LogP contribution is -2.37. The molecule has 0 bridgehead atoms. The number of carbonyl (C=O) groups excluding carboxylic acids is 1. The molecule has 0 aliphatic carbocycles. The van der Waals surface area contributed by atoms with Crippen LogP contribution < -0.4 is 15.4 Å². The number of ether oxygens (including phenoxy) is 1. The van der Waals surface area contributed by atoms with E-state index in [1.165, 1.54) is 9.87 Å². The van der Waals surface area contributed by atoms with Gasteiger partial charge in [0.05, 0.1) is 16.0 Å². The Labute approximate surface area is 237 Å². The molecule has 3 aromatic carbocycles. The first-order valence-corrected chi connectivity index (χ1v) is 15.1. The molecule has 0 unspecified atom stereocenters. The van der Waals surface area contributed by atoms with Gasteiger partial charge in [0.1, 0.15) is 5.75 Å². The zero-order valence-corrected chi connectivity index (χ0v) is 24.2. The molecular weight excluding hydrogens is 586 g/mol.